The number of imidazole rings is 1. The van der Waals surface area contributed by atoms with Gasteiger partial charge in [-0.1, -0.05) is 18.2 Å². The van der Waals surface area contributed by atoms with Crippen LogP contribution in [0.1, 0.15) is 35.1 Å². The van der Waals surface area contributed by atoms with E-state index < -0.39 is 0 Å². The van der Waals surface area contributed by atoms with E-state index in [0.717, 1.165) is 28.2 Å². The first-order valence-corrected chi connectivity index (χ1v) is 7.52. The first-order chi connectivity index (χ1) is 10.1. The van der Waals surface area contributed by atoms with E-state index in [-0.39, 0.29) is 5.38 Å². The SMILES string of the molecule is Cc1cccc(Cn2c(C(C)Cl)nc3cccc(C)c32)n1. The van der Waals surface area contributed by atoms with Gasteiger partial charge in [-0.15, -0.1) is 11.6 Å². The molecular weight excluding hydrogens is 282 g/mol. The molecule has 0 amide bonds. The predicted molar refractivity (Wildman–Crippen MR) is 86.8 cm³/mol. The van der Waals surface area contributed by atoms with Crippen LogP contribution in [0.15, 0.2) is 36.4 Å². The molecule has 0 saturated heterocycles. The van der Waals surface area contributed by atoms with Gasteiger partial charge in [-0.2, -0.15) is 0 Å². The summed E-state index contributed by atoms with van der Waals surface area (Å²) in [5, 5.41) is -0.137. The number of aromatic nitrogens is 3. The van der Waals surface area contributed by atoms with E-state index in [2.05, 4.69) is 22.5 Å². The van der Waals surface area contributed by atoms with Gasteiger partial charge in [-0.3, -0.25) is 4.98 Å². The van der Waals surface area contributed by atoms with Gasteiger partial charge in [-0.25, -0.2) is 4.98 Å². The normalized spacial score (nSPS) is 12.8. The molecule has 1 unspecified atom stereocenters. The molecule has 0 fully saturated rings. The Bertz CT molecular complexity index is 790. The van der Waals surface area contributed by atoms with Gasteiger partial charge in [0.15, 0.2) is 0 Å². The number of halogens is 1. The Morgan fingerprint density at radius 1 is 1.10 bits per heavy atom. The molecule has 1 atom stereocenters. The summed E-state index contributed by atoms with van der Waals surface area (Å²) in [5.41, 5.74) is 5.38. The molecule has 3 aromatic rings. The van der Waals surface area contributed by atoms with Crippen molar-refractivity contribution in [2.45, 2.75) is 32.7 Å². The summed E-state index contributed by atoms with van der Waals surface area (Å²) in [6, 6.07) is 12.2. The summed E-state index contributed by atoms with van der Waals surface area (Å²) >= 11 is 6.33. The molecule has 21 heavy (non-hydrogen) atoms. The van der Waals surface area contributed by atoms with Crippen LogP contribution in [-0.4, -0.2) is 14.5 Å². The van der Waals surface area contributed by atoms with E-state index in [1.54, 1.807) is 0 Å². The molecule has 3 nitrogen and oxygen atoms in total. The van der Waals surface area contributed by atoms with Gasteiger partial charge < -0.3 is 4.57 Å². The molecule has 2 aromatic heterocycles. The van der Waals surface area contributed by atoms with Crippen LogP contribution < -0.4 is 0 Å². The van der Waals surface area contributed by atoms with Gasteiger partial charge in [0.1, 0.15) is 5.82 Å². The lowest BCUT2D eigenvalue weighted by Crippen LogP contribution is -2.08. The van der Waals surface area contributed by atoms with Gasteiger partial charge >= 0.3 is 0 Å². The average Bonchev–Trinajstić information content (AvgIpc) is 2.79. The van der Waals surface area contributed by atoms with Crippen molar-refractivity contribution in [1.82, 2.24) is 14.5 Å². The van der Waals surface area contributed by atoms with Crippen molar-refractivity contribution in [3.63, 3.8) is 0 Å². The highest BCUT2D eigenvalue weighted by molar-refractivity contribution is 6.20. The zero-order chi connectivity index (χ0) is 15.0. The maximum absolute atomic E-state index is 6.33. The number of aryl methyl sites for hydroxylation is 2. The molecule has 0 bridgehead atoms. The average molecular weight is 300 g/mol. The minimum absolute atomic E-state index is 0.137. The number of rotatable bonds is 3. The van der Waals surface area contributed by atoms with E-state index in [9.17, 15) is 0 Å². The van der Waals surface area contributed by atoms with E-state index in [1.165, 1.54) is 5.56 Å². The quantitative estimate of drug-likeness (QED) is 0.671. The Kier molecular flexibility index (Phi) is 3.68. The van der Waals surface area contributed by atoms with Crippen LogP contribution in [0.2, 0.25) is 0 Å². The number of para-hydroxylation sites is 1. The second-order valence-corrected chi connectivity index (χ2v) is 6.04. The monoisotopic (exact) mass is 299 g/mol. The second kappa shape index (κ2) is 5.49. The van der Waals surface area contributed by atoms with E-state index >= 15 is 0 Å². The molecule has 1 aromatic carbocycles. The van der Waals surface area contributed by atoms with Gasteiger partial charge in [0, 0.05) is 5.69 Å². The number of pyridine rings is 1. The number of fused-ring (bicyclic) bond motifs is 1. The molecule has 3 rings (SSSR count). The lowest BCUT2D eigenvalue weighted by atomic mass is 10.2. The van der Waals surface area contributed by atoms with Crippen LogP contribution in [-0.2, 0) is 6.54 Å². The van der Waals surface area contributed by atoms with Gasteiger partial charge in [-0.05, 0) is 44.5 Å². The summed E-state index contributed by atoms with van der Waals surface area (Å²) in [5.74, 6) is 0.893. The maximum Gasteiger partial charge on any atom is 0.128 e. The Hall–Kier alpha value is -1.87. The van der Waals surface area contributed by atoms with E-state index in [4.69, 9.17) is 16.6 Å². The molecule has 0 radical (unpaired) electrons. The lowest BCUT2D eigenvalue weighted by molar-refractivity contribution is 0.724. The largest absolute Gasteiger partial charge is 0.320 e. The van der Waals surface area contributed by atoms with Crippen molar-refractivity contribution in [2.75, 3.05) is 0 Å². The second-order valence-electron chi connectivity index (χ2n) is 5.39. The zero-order valence-electron chi connectivity index (χ0n) is 12.5. The summed E-state index contributed by atoms with van der Waals surface area (Å²) in [6.07, 6.45) is 0. The number of benzene rings is 1. The van der Waals surface area contributed by atoms with Crippen LogP contribution in [0.4, 0.5) is 0 Å². The highest BCUT2D eigenvalue weighted by Gasteiger charge is 2.16. The zero-order valence-corrected chi connectivity index (χ0v) is 13.2. The first kappa shape index (κ1) is 14.1. The minimum Gasteiger partial charge on any atom is -0.320 e. The Morgan fingerprint density at radius 2 is 1.86 bits per heavy atom. The molecule has 0 aliphatic carbocycles. The fourth-order valence-corrected chi connectivity index (χ4v) is 2.86. The predicted octanol–water partition coefficient (Wildman–Crippen LogP) is 4.40. The van der Waals surface area contributed by atoms with Crippen molar-refractivity contribution < 1.29 is 0 Å². The van der Waals surface area contributed by atoms with Gasteiger partial charge in [0.05, 0.1) is 28.6 Å². The molecule has 4 heteroatoms. The molecule has 108 valence electrons. The molecule has 0 spiro atoms. The Balaban J connectivity index is 2.17. The fourth-order valence-electron chi connectivity index (χ4n) is 2.70. The third-order valence-corrected chi connectivity index (χ3v) is 3.82. The molecular formula is C17H18ClN3. The summed E-state index contributed by atoms with van der Waals surface area (Å²) in [6.45, 7) is 6.76. The van der Waals surface area contributed by atoms with Gasteiger partial charge in [0.25, 0.3) is 0 Å². The summed E-state index contributed by atoms with van der Waals surface area (Å²) in [4.78, 5) is 9.29. The third kappa shape index (κ3) is 2.66. The molecule has 0 N–H and O–H groups in total. The number of hydrogen-bond acceptors (Lipinski definition) is 2. The van der Waals surface area contributed by atoms with E-state index in [1.807, 2.05) is 44.2 Å². The smallest absolute Gasteiger partial charge is 0.128 e. The van der Waals surface area contributed by atoms with Crippen molar-refractivity contribution >= 4 is 22.6 Å². The highest BCUT2D eigenvalue weighted by atomic mass is 35.5. The van der Waals surface area contributed by atoms with Crippen LogP contribution in [0.5, 0.6) is 0 Å². The van der Waals surface area contributed by atoms with Crippen molar-refractivity contribution in [1.29, 1.82) is 0 Å². The number of hydrogen-bond donors (Lipinski definition) is 0. The van der Waals surface area contributed by atoms with Crippen LogP contribution in [0.25, 0.3) is 11.0 Å². The molecule has 0 aliphatic heterocycles. The molecule has 0 aliphatic rings. The van der Waals surface area contributed by atoms with Crippen LogP contribution in [0.3, 0.4) is 0 Å². The molecule has 0 saturated carbocycles. The van der Waals surface area contributed by atoms with Gasteiger partial charge in [0.2, 0.25) is 0 Å². The Morgan fingerprint density at radius 3 is 2.57 bits per heavy atom. The third-order valence-electron chi connectivity index (χ3n) is 3.62. The van der Waals surface area contributed by atoms with Crippen molar-refractivity contribution in [3.8, 4) is 0 Å². The lowest BCUT2D eigenvalue weighted by Gasteiger charge is -2.11. The number of alkyl halides is 1. The standard InChI is InChI=1S/C17H18ClN3/c1-11-6-4-9-15-16(11)21(17(20-15)13(3)18)10-14-8-5-7-12(2)19-14/h4-9,13H,10H2,1-3H3. The minimum atomic E-state index is -0.137. The molecule has 2 heterocycles. The van der Waals surface area contributed by atoms with Crippen molar-refractivity contribution in [3.05, 3.63) is 59.2 Å². The van der Waals surface area contributed by atoms with Crippen LogP contribution >= 0.6 is 11.6 Å². The first-order valence-electron chi connectivity index (χ1n) is 7.08. The summed E-state index contributed by atoms with van der Waals surface area (Å²) < 4.78 is 2.18. The highest BCUT2D eigenvalue weighted by Crippen LogP contribution is 2.27. The van der Waals surface area contributed by atoms with Crippen molar-refractivity contribution in [2.24, 2.45) is 0 Å². The number of nitrogens with zero attached hydrogens (tertiary/aromatic N) is 3. The van der Waals surface area contributed by atoms with E-state index in [0.29, 0.717) is 6.54 Å². The topological polar surface area (TPSA) is 30.7 Å². The maximum atomic E-state index is 6.33. The summed E-state index contributed by atoms with van der Waals surface area (Å²) in [7, 11) is 0. The fraction of sp³-hybridized carbons (Fsp3) is 0.294. The Labute approximate surface area is 129 Å². The van der Waals surface area contributed by atoms with Crippen LogP contribution in [0, 0.1) is 13.8 Å².